The molecule has 94 valence electrons. The van der Waals surface area contributed by atoms with Gasteiger partial charge in [-0.15, -0.1) is 0 Å². The number of hydrogen-bond acceptors (Lipinski definition) is 5. The fourth-order valence-electron chi connectivity index (χ4n) is 2.29. The maximum atomic E-state index is 6.07. The van der Waals surface area contributed by atoms with E-state index in [2.05, 4.69) is 26.8 Å². The van der Waals surface area contributed by atoms with Gasteiger partial charge < -0.3 is 15.5 Å². The minimum Gasteiger partial charge on any atom is -0.368 e. The normalized spacial score (nSPS) is 20.8. The molecule has 0 spiro atoms. The zero-order valence-corrected chi connectivity index (χ0v) is 11.0. The average molecular weight is 256 g/mol. The minimum absolute atomic E-state index is 0.264. The van der Waals surface area contributed by atoms with Crippen molar-refractivity contribution >= 4 is 23.4 Å². The number of nitrogens with two attached hydrogens (primary N) is 1. The number of nitrogens with zero attached hydrogens (tertiary/aromatic N) is 4. The van der Waals surface area contributed by atoms with Gasteiger partial charge in [0.1, 0.15) is 5.02 Å². The van der Waals surface area contributed by atoms with E-state index >= 15 is 0 Å². The molecule has 0 radical (unpaired) electrons. The smallest absolute Gasteiger partial charge is 0.222 e. The third-order valence-corrected chi connectivity index (χ3v) is 3.39. The lowest BCUT2D eigenvalue weighted by molar-refractivity contribution is 0.395. The summed E-state index contributed by atoms with van der Waals surface area (Å²) in [4.78, 5) is 12.4. The molecule has 2 heterocycles. The first-order chi connectivity index (χ1) is 8.06. The lowest BCUT2D eigenvalue weighted by Gasteiger charge is -2.22. The Morgan fingerprint density at radius 3 is 3.06 bits per heavy atom. The summed E-state index contributed by atoms with van der Waals surface area (Å²) in [5.74, 6) is 1.64. The second kappa shape index (κ2) is 5.06. The number of hydrogen-bond donors (Lipinski definition) is 1. The molecule has 0 saturated carbocycles. The van der Waals surface area contributed by atoms with Crippen molar-refractivity contribution in [3.8, 4) is 0 Å². The van der Waals surface area contributed by atoms with E-state index in [-0.39, 0.29) is 5.95 Å². The molecule has 2 rings (SSSR count). The summed E-state index contributed by atoms with van der Waals surface area (Å²) >= 11 is 6.07. The molecular weight excluding hydrogens is 238 g/mol. The van der Waals surface area contributed by atoms with Crippen LogP contribution in [-0.2, 0) is 0 Å². The zero-order valence-electron chi connectivity index (χ0n) is 10.2. The van der Waals surface area contributed by atoms with Gasteiger partial charge >= 0.3 is 0 Å². The van der Waals surface area contributed by atoms with Crippen LogP contribution >= 0.6 is 11.6 Å². The van der Waals surface area contributed by atoms with Crippen LogP contribution in [0.3, 0.4) is 0 Å². The fourth-order valence-corrected chi connectivity index (χ4v) is 2.52. The van der Waals surface area contributed by atoms with Crippen molar-refractivity contribution in [3.63, 3.8) is 0 Å². The van der Waals surface area contributed by atoms with E-state index in [1.54, 1.807) is 6.20 Å². The Balaban J connectivity index is 2.04. The van der Waals surface area contributed by atoms with E-state index in [0.29, 0.717) is 16.8 Å². The first-order valence-corrected chi connectivity index (χ1v) is 6.11. The maximum absolute atomic E-state index is 6.07. The molecule has 1 aromatic heterocycles. The number of aromatic nitrogens is 2. The fraction of sp³-hybridized carbons (Fsp3) is 0.636. The highest BCUT2D eigenvalue weighted by Crippen LogP contribution is 2.24. The van der Waals surface area contributed by atoms with Crippen LogP contribution in [0.25, 0.3) is 0 Å². The molecule has 0 amide bonds. The molecule has 0 aliphatic carbocycles. The largest absolute Gasteiger partial charge is 0.368 e. The van der Waals surface area contributed by atoms with Gasteiger partial charge in [-0.05, 0) is 25.9 Å². The van der Waals surface area contributed by atoms with Gasteiger partial charge in [-0.2, -0.15) is 4.98 Å². The van der Waals surface area contributed by atoms with Gasteiger partial charge in [-0.1, -0.05) is 11.6 Å². The molecule has 1 aliphatic rings. The van der Waals surface area contributed by atoms with Crippen molar-refractivity contribution in [3.05, 3.63) is 11.2 Å². The van der Waals surface area contributed by atoms with Crippen LogP contribution in [0.2, 0.25) is 5.02 Å². The van der Waals surface area contributed by atoms with Crippen molar-refractivity contribution in [2.45, 2.75) is 6.42 Å². The third kappa shape index (κ3) is 2.98. The first kappa shape index (κ1) is 12.4. The number of nitrogen functional groups attached to an aromatic ring is 1. The van der Waals surface area contributed by atoms with Crippen LogP contribution < -0.4 is 10.6 Å². The van der Waals surface area contributed by atoms with E-state index in [1.165, 1.54) is 6.42 Å². The average Bonchev–Trinajstić information content (AvgIpc) is 2.67. The summed E-state index contributed by atoms with van der Waals surface area (Å²) in [6.07, 6.45) is 2.77. The van der Waals surface area contributed by atoms with Crippen LogP contribution in [0.15, 0.2) is 6.20 Å². The first-order valence-electron chi connectivity index (χ1n) is 5.74. The molecule has 1 unspecified atom stereocenters. The number of anilines is 2. The van der Waals surface area contributed by atoms with Crippen LogP contribution in [0.4, 0.5) is 11.8 Å². The third-order valence-electron chi connectivity index (χ3n) is 3.13. The highest BCUT2D eigenvalue weighted by Gasteiger charge is 2.22. The van der Waals surface area contributed by atoms with Crippen molar-refractivity contribution in [1.82, 2.24) is 14.9 Å². The molecule has 1 atom stereocenters. The molecule has 17 heavy (non-hydrogen) atoms. The molecule has 1 saturated heterocycles. The van der Waals surface area contributed by atoms with E-state index in [1.807, 2.05) is 7.05 Å². The molecule has 1 aromatic rings. The maximum Gasteiger partial charge on any atom is 0.222 e. The SMILES string of the molecule is CN1CCC(CN(C)c2nc(N)ncc2Cl)C1. The standard InChI is InChI=1S/C11H18ClN5/c1-16-4-3-8(6-16)7-17(2)10-9(12)5-14-11(13)15-10/h5,8H,3-4,6-7H2,1-2H3,(H2,13,14,15). The predicted octanol–water partition coefficient (Wildman–Crippen LogP) is 1.10. The highest BCUT2D eigenvalue weighted by atomic mass is 35.5. The number of likely N-dealkylation sites (tertiary alicyclic amines) is 1. The Labute approximate surface area is 107 Å². The minimum atomic E-state index is 0.264. The van der Waals surface area contributed by atoms with E-state index in [4.69, 9.17) is 17.3 Å². The quantitative estimate of drug-likeness (QED) is 0.877. The van der Waals surface area contributed by atoms with Crippen molar-refractivity contribution in [2.75, 3.05) is 44.4 Å². The molecule has 0 aromatic carbocycles. The number of rotatable bonds is 3. The van der Waals surface area contributed by atoms with E-state index < -0.39 is 0 Å². The molecule has 0 bridgehead atoms. The van der Waals surface area contributed by atoms with Gasteiger partial charge in [-0.25, -0.2) is 4.98 Å². The van der Waals surface area contributed by atoms with Crippen LogP contribution in [0.5, 0.6) is 0 Å². The zero-order chi connectivity index (χ0) is 12.4. The Hall–Kier alpha value is -1.07. The second-order valence-corrected chi connectivity index (χ2v) is 5.10. The van der Waals surface area contributed by atoms with Gasteiger partial charge in [-0.3, -0.25) is 0 Å². The van der Waals surface area contributed by atoms with E-state index in [9.17, 15) is 0 Å². The molecule has 2 N–H and O–H groups in total. The second-order valence-electron chi connectivity index (χ2n) is 4.70. The Bertz CT molecular complexity index is 397. The molecule has 5 nitrogen and oxygen atoms in total. The van der Waals surface area contributed by atoms with Gasteiger partial charge in [0.15, 0.2) is 5.82 Å². The topological polar surface area (TPSA) is 58.3 Å². The lowest BCUT2D eigenvalue weighted by Crippen LogP contribution is -2.28. The number of halogens is 1. The van der Waals surface area contributed by atoms with E-state index in [0.717, 1.165) is 19.6 Å². The van der Waals surface area contributed by atoms with Crippen LogP contribution in [0, 0.1) is 5.92 Å². The van der Waals surface area contributed by atoms with Gasteiger partial charge in [0.2, 0.25) is 5.95 Å². The molecule has 6 heteroatoms. The summed E-state index contributed by atoms with van der Waals surface area (Å²) in [6.45, 7) is 3.24. The Kier molecular flexibility index (Phi) is 3.69. The van der Waals surface area contributed by atoms with Gasteiger partial charge in [0, 0.05) is 20.1 Å². The molecular formula is C11H18ClN5. The summed E-state index contributed by atoms with van der Waals surface area (Å²) < 4.78 is 0. The lowest BCUT2D eigenvalue weighted by atomic mass is 10.1. The highest BCUT2D eigenvalue weighted by molar-refractivity contribution is 6.32. The molecule has 1 fully saturated rings. The Morgan fingerprint density at radius 2 is 2.41 bits per heavy atom. The van der Waals surface area contributed by atoms with Crippen LogP contribution in [-0.4, -0.2) is 48.6 Å². The van der Waals surface area contributed by atoms with Crippen LogP contribution in [0.1, 0.15) is 6.42 Å². The Morgan fingerprint density at radius 1 is 1.65 bits per heavy atom. The van der Waals surface area contributed by atoms with Gasteiger partial charge in [0.25, 0.3) is 0 Å². The monoisotopic (exact) mass is 255 g/mol. The summed E-state index contributed by atoms with van der Waals surface area (Å²) in [5.41, 5.74) is 5.58. The summed E-state index contributed by atoms with van der Waals surface area (Å²) in [6, 6.07) is 0. The summed E-state index contributed by atoms with van der Waals surface area (Å²) in [5, 5.41) is 0.549. The summed E-state index contributed by atoms with van der Waals surface area (Å²) in [7, 11) is 4.14. The predicted molar refractivity (Wildman–Crippen MR) is 70.3 cm³/mol. The van der Waals surface area contributed by atoms with Gasteiger partial charge in [0.05, 0.1) is 6.20 Å². The molecule has 1 aliphatic heterocycles. The van der Waals surface area contributed by atoms with Crippen molar-refractivity contribution in [1.29, 1.82) is 0 Å². The van der Waals surface area contributed by atoms with Crippen molar-refractivity contribution in [2.24, 2.45) is 5.92 Å². The van der Waals surface area contributed by atoms with Crippen molar-refractivity contribution < 1.29 is 0 Å².